The van der Waals surface area contributed by atoms with E-state index in [-0.39, 0.29) is 6.04 Å². The summed E-state index contributed by atoms with van der Waals surface area (Å²) < 4.78 is 5.83. The molecule has 5 heteroatoms. The van der Waals surface area contributed by atoms with Crippen LogP contribution in [0.2, 0.25) is 0 Å². The summed E-state index contributed by atoms with van der Waals surface area (Å²) >= 11 is 3.42. The fourth-order valence-electron chi connectivity index (χ4n) is 2.35. The molecule has 0 saturated heterocycles. The van der Waals surface area contributed by atoms with E-state index in [1.165, 1.54) is 19.3 Å². The van der Waals surface area contributed by atoms with Crippen molar-refractivity contribution in [1.29, 1.82) is 0 Å². The maximum absolute atomic E-state index is 10.5. The van der Waals surface area contributed by atoms with Crippen LogP contribution in [0.1, 0.15) is 51.4 Å². The molecule has 0 heterocycles. The minimum atomic E-state index is -0.911. The third-order valence-corrected chi connectivity index (χ3v) is 3.94. The molecule has 0 aromatic heterocycles. The van der Waals surface area contributed by atoms with E-state index < -0.39 is 6.09 Å². The van der Waals surface area contributed by atoms with Gasteiger partial charge in [0.1, 0.15) is 0 Å². The first-order chi connectivity index (χ1) is 8.72. The van der Waals surface area contributed by atoms with E-state index in [0.29, 0.717) is 6.10 Å². The van der Waals surface area contributed by atoms with E-state index >= 15 is 0 Å². The molecule has 1 aliphatic rings. The Bertz CT molecular complexity index is 230. The summed E-state index contributed by atoms with van der Waals surface area (Å²) in [7, 11) is 0. The third kappa shape index (κ3) is 7.21. The van der Waals surface area contributed by atoms with Crippen LogP contribution in [0.3, 0.4) is 0 Å². The van der Waals surface area contributed by atoms with Gasteiger partial charge in [-0.2, -0.15) is 0 Å². The molecule has 0 bridgehead atoms. The van der Waals surface area contributed by atoms with E-state index in [0.717, 1.165) is 44.0 Å². The summed E-state index contributed by atoms with van der Waals surface area (Å²) in [5, 5.41) is 12.3. The van der Waals surface area contributed by atoms with Gasteiger partial charge < -0.3 is 15.2 Å². The Labute approximate surface area is 118 Å². The Hall–Kier alpha value is -0.290. The minimum Gasteiger partial charge on any atom is -0.465 e. The van der Waals surface area contributed by atoms with Crippen molar-refractivity contribution in [2.24, 2.45) is 0 Å². The molecule has 1 fully saturated rings. The molecule has 1 aliphatic carbocycles. The molecule has 0 aromatic carbocycles. The Kier molecular flexibility index (Phi) is 8.42. The molecule has 4 nitrogen and oxygen atoms in total. The summed E-state index contributed by atoms with van der Waals surface area (Å²) in [6, 6.07) is 0.126. The van der Waals surface area contributed by atoms with Gasteiger partial charge in [-0.15, -0.1) is 0 Å². The SMILES string of the molecule is O=C(O)NC1CCC(OCCCCCCBr)CC1. The van der Waals surface area contributed by atoms with E-state index in [1.807, 2.05) is 0 Å². The predicted octanol–water partition coefficient (Wildman–Crippen LogP) is 3.54. The van der Waals surface area contributed by atoms with Crippen molar-refractivity contribution in [3.63, 3.8) is 0 Å². The molecule has 1 rings (SSSR count). The number of rotatable bonds is 8. The average Bonchev–Trinajstić information content (AvgIpc) is 2.35. The Morgan fingerprint density at radius 3 is 2.44 bits per heavy atom. The van der Waals surface area contributed by atoms with Crippen molar-refractivity contribution < 1.29 is 14.6 Å². The number of amides is 1. The van der Waals surface area contributed by atoms with Gasteiger partial charge in [0.25, 0.3) is 0 Å². The van der Waals surface area contributed by atoms with E-state index in [9.17, 15) is 4.79 Å². The summed E-state index contributed by atoms with van der Waals surface area (Å²) in [5.41, 5.74) is 0. The van der Waals surface area contributed by atoms with E-state index in [4.69, 9.17) is 9.84 Å². The van der Waals surface area contributed by atoms with Gasteiger partial charge in [-0.3, -0.25) is 0 Å². The highest BCUT2D eigenvalue weighted by Crippen LogP contribution is 2.21. The summed E-state index contributed by atoms with van der Waals surface area (Å²) in [5.74, 6) is 0. The number of unbranched alkanes of at least 4 members (excludes halogenated alkanes) is 3. The highest BCUT2D eigenvalue weighted by Gasteiger charge is 2.22. The molecule has 2 N–H and O–H groups in total. The molecular formula is C13H24BrNO3. The fraction of sp³-hybridized carbons (Fsp3) is 0.923. The lowest BCUT2D eigenvalue weighted by atomic mass is 9.93. The van der Waals surface area contributed by atoms with Crippen LogP contribution in [0.25, 0.3) is 0 Å². The molecule has 0 aromatic rings. The molecule has 1 saturated carbocycles. The maximum atomic E-state index is 10.5. The first-order valence-electron chi connectivity index (χ1n) is 6.89. The number of carbonyl (C=O) groups is 1. The van der Waals surface area contributed by atoms with Crippen LogP contribution < -0.4 is 5.32 Å². The van der Waals surface area contributed by atoms with Crippen molar-refractivity contribution in [1.82, 2.24) is 5.32 Å². The quantitative estimate of drug-likeness (QED) is 0.531. The van der Waals surface area contributed by atoms with Crippen LogP contribution in [0, 0.1) is 0 Å². The van der Waals surface area contributed by atoms with Crippen LogP contribution in [0.5, 0.6) is 0 Å². The van der Waals surface area contributed by atoms with Crippen molar-refractivity contribution in [2.75, 3.05) is 11.9 Å². The smallest absolute Gasteiger partial charge is 0.404 e. The van der Waals surface area contributed by atoms with Crippen molar-refractivity contribution >= 4 is 22.0 Å². The minimum absolute atomic E-state index is 0.126. The maximum Gasteiger partial charge on any atom is 0.404 e. The van der Waals surface area contributed by atoms with E-state index in [1.54, 1.807) is 0 Å². The normalized spacial score (nSPS) is 23.8. The highest BCUT2D eigenvalue weighted by molar-refractivity contribution is 9.09. The topological polar surface area (TPSA) is 58.6 Å². The number of carboxylic acid groups (broad SMARTS) is 1. The number of ether oxygens (including phenoxy) is 1. The molecule has 18 heavy (non-hydrogen) atoms. The van der Waals surface area contributed by atoms with Gasteiger partial charge in [-0.05, 0) is 38.5 Å². The lowest BCUT2D eigenvalue weighted by Gasteiger charge is -2.28. The van der Waals surface area contributed by atoms with Gasteiger partial charge in [0, 0.05) is 18.0 Å². The second-order valence-electron chi connectivity index (χ2n) is 4.90. The highest BCUT2D eigenvalue weighted by atomic mass is 79.9. The molecule has 0 atom stereocenters. The second kappa shape index (κ2) is 9.62. The largest absolute Gasteiger partial charge is 0.465 e. The predicted molar refractivity (Wildman–Crippen MR) is 75.4 cm³/mol. The average molecular weight is 322 g/mol. The lowest BCUT2D eigenvalue weighted by molar-refractivity contribution is 0.0206. The first kappa shape index (κ1) is 15.8. The van der Waals surface area contributed by atoms with Crippen LogP contribution in [0.4, 0.5) is 4.79 Å². The third-order valence-electron chi connectivity index (χ3n) is 3.38. The van der Waals surface area contributed by atoms with Gasteiger partial charge in [0.05, 0.1) is 6.10 Å². The summed E-state index contributed by atoms with van der Waals surface area (Å²) in [6.45, 7) is 0.851. The number of hydrogen-bond acceptors (Lipinski definition) is 2. The molecule has 0 unspecified atom stereocenters. The Balaban J connectivity index is 1.97. The van der Waals surface area contributed by atoms with Gasteiger partial charge in [-0.25, -0.2) is 4.79 Å². The van der Waals surface area contributed by atoms with Crippen LogP contribution in [-0.4, -0.2) is 35.3 Å². The summed E-state index contributed by atoms with van der Waals surface area (Å²) in [6.07, 6.45) is 8.08. The van der Waals surface area contributed by atoms with Crippen molar-refractivity contribution in [3.05, 3.63) is 0 Å². The molecule has 1 amide bonds. The van der Waals surface area contributed by atoms with E-state index in [2.05, 4.69) is 21.2 Å². The zero-order valence-corrected chi connectivity index (χ0v) is 12.5. The molecule has 0 spiro atoms. The number of alkyl halides is 1. The second-order valence-corrected chi connectivity index (χ2v) is 5.69. The molecular weight excluding hydrogens is 298 g/mol. The summed E-state index contributed by atoms with van der Waals surface area (Å²) in [4.78, 5) is 10.5. The lowest BCUT2D eigenvalue weighted by Crippen LogP contribution is -2.38. The van der Waals surface area contributed by atoms with Gasteiger partial charge in [0.2, 0.25) is 0 Å². The number of hydrogen-bond donors (Lipinski definition) is 2. The van der Waals surface area contributed by atoms with Gasteiger partial charge in [-0.1, -0.05) is 28.8 Å². The van der Waals surface area contributed by atoms with Gasteiger partial charge in [0.15, 0.2) is 0 Å². The molecule has 0 radical (unpaired) electrons. The van der Waals surface area contributed by atoms with Crippen LogP contribution in [-0.2, 0) is 4.74 Å². The van der Waals surface area contributed by atoms with Crippen molar-refractivity contribution in [2.45, 2.75) is 63.5 Å². The zero-order chi connectivity index (χ0) is 13.2. The number of halogens is 1. The fourth-order valence-corrected chi connectivity index (χ4v) is 2.75. The number of nitrogens with one attached hydrogen (secondary N) is 1. The zero-order valence-electron chi connectivity index (χ0n) is 10.9. The standard InChI is InChI=1S/C13H24BrNO3/c14-9-3-1-2-4-10-18-12-7-5-11(6-8-12)15-13(16)17/h11-12,15H,1-10H2,(H,16,17). The first-order valence-corrected chi connectivity index (χ1v) is 8.01. The Morgan fingerprint density at radius 1 is 1.17 bits per heavy atom. The molecule has 0 aliphatic heterocycles. The van der Waals surface area contributed by atoms with Crippen LogP contribution in [0.15, 0.2) is 0 Å². The Morgan fingerprint density at radius 2 is 1.83 bits per heavy atom. The molecule has 106 valence electrons. The van der Waals surface area contributed by atoms with Gasteiger partial charge >= 0.3 is 6.09 Å². The van der Waals surface area contributed by atoms with Crippen molar-refractivity contribution in [3.8, 4) is 0 Å². The monoisotopic (exact) mass is 321 g/mol. The van der Waals surface area contributed by atoms with Crippen LogP contribution >= 0.6 is 15.9 Å².